The summed E-state index contributed by atoms with van der Waals surface area (Å²) in [5.74, 6) is 0. The molecule has 2 rings (SSSR count). The Morgan fingerprint density at radius 3 is 1.14 bits per heavy atom. The second kappa shape index (κ2) is 21.0. The van der Waals surface area contributed by atoms with Crippen LogP contribution in [0.15, 0.2) is 54.6 Å². The molecule has 1 heteroatoms. The van der Waals surface area contributed by atoms with Crippen LogP contribution in [0.4, 0.5) is 0 Å². The SMILES string of the molecule is C.C.CC.CC.Cc1ccc(Cl)cc1.Cc1ccccc1. The van der Waals surface area contributed by atoms with Crippen LogP contribution < -0.4 is 0 Å². The Balaban J connectivity index is -0.000000104. The molecule has 0 atom stereocenters. The van der Waals surface area contributed by atoms with Crippen LogP contribution in [0.5, 0.6) is 0 Å². The Labute approximate surface area is 139 Å². The Bertz CT molecular complexity index is 355. The average Bonchev–Trinajstić information content (AvgIpc) is 2.48. The highest BCUT2D eigenvalue weighted by Crippen LogP contribution is 2.07. The summed E-state index contributed by atoms with van der Waals surface area (Å²) in [7, 11) is 0. The van der Waals surface area contributed by atoms with Gasteiger partial charge in [-0.25, -0.2) is 0 Å². The first kappa shape index (κ1) is 28.0. The van der Waals surface area contributed by atoms with Crippen molar-refractivity contribution < 1.29 is 0 Å². The van der Waals surface area contributed by atoms with E-state index in [1.54, 1.807) is 0 Å². The fraction of sp³-hybridized carbons (Fsp3) is 0.400. The number of rotatable bonds is 0. The van der Waals surface area contributed by atoms with Crippen molar-refractivity contribution in [1.29, 1.82) is 0 Å². The van der Waals surface area contributed by atoms with Crippen LogP contribution in [0, 0.1) is 13.8 Å². The minimum atomic E-state index is 0. The van der Waals surface area contributed by atoms with Crippen molar-refractivity contribution in [1.82, 2.24) is 0 Å². The lowest BCUT2D eigenvalue weighted by Gasteiger charge is -1.88. The zero-order valence-corrected chi connectivity index (χ0v) is 13.8. The molecule has 0 N–H and O–H groups in total. The molecule has 0 aliphatic carbocycles. The van der Waals surface area contributed by atoms with E-state index in [1.807, 2.05) is 77.1 Å². The number of halogens is 1. The first-order valence-electron chi connectivity index (χ1n) is 6.92. The van der Waals surface area contributed by atoms with Gasteiger partial charge in [-0.3, -0.25) is 0 Å². The van der Waals surface area contributed by atoms with E-state index in [0.29, 0.717) is 0 Å². The lowest BCUT2D eigenvalue weighted by Crippen LogP contribution is -1.66. The Morgan fingerprint density at radius 2 is 0.905 bits per heavy atom. The standard InChI is InChI=1S/C7H7Cl.C7H8.2C2H6.2CH4/c1-6-2-4-7(8)5-3-6;1-7-5-3-2-4-6-7;2*1-2;;/h2-5H,1H3;2-6H,1H3;2*1-2H3;2*1H4. The van der Waals surface area contributed by atoms with Gasteiger partial charge in [0, 0.05) is 5.02 Å². The molecule has 0 aromatic heterocycles. The second-order valence-corrected chi connectivity index (χ2v) is 3.89. The van der Waals surface area contributed by atoms with Gasteiger partial charge in [0.2, 0.25) is 0 Å². The van der Waals surface area contributed by atoms with Crippen LogP contribution in [-0.4, -0.2) is 0 Å². The molecule has 0 aliphatic rings. The monoisotopic (exact) mass is 310 g/mol. The summed E-state index contributed by atoms with van der Waals surface area (Å²) in [4.78, 5) is 0. The molecule has 0 aliphatic heterocycles. The van der Waals surface area contributed by atoms with Crippen molar-refractivity contribution >= 4 is 11.6 Å². The molecule has 2 aromatic carbocycles. The number of benzene rings is 2. The molecule has 0 amide bonds. The van der Waals surface area contributed by atoms with E-state index < -0.39 is 0 Å². The minimum Gasteiger partial charge on any atom is -0.0843 e. The summed E-state index contributed by atoms with van der Waals surface area (Å²) in [6, 6.07) is 18.0. The average molecular weight is 311 g/mol. The predicted molar refractivity (Wildman–Crippen MR) is 104 cm³/mol. The van der Waals surface area contributed by atoms with Crippen LogP contribution in [0.2, 0.25) is 5.02 Å². The molecular formula is C20H35Cl. The van der Waals surface area contributed by atoms with Gasteiger partial charge in [0.25, 0.3) is 0 Å². The maximum atomic E-state index is 5.61. The highest BCUT2D eigenvalue weighted by molar-refractivity contribution is 6.30. The van der Waals surface area contributed by atoms with Crippen molar-refractivity contribution in [3.63, 3.8) is 0 Å². The molecular weight excluding hydrogens is 276 g/mol. The smallest absolute Gasteiger partial charge is 0.0406 e. The molecule has 0 bridgehead atoms. The van der Waals surface area contributed by atoms with Crippen molar-refractivity contribution in [3.8, 4) is 0 Å². The lowest BCUT2D eigenvalue weighted by atomic mass is 10.2. The first-order valence-corrected chi connectivity index (χ1v) is 7.30. The largest absolute Gasteiger partial charge is 0.0843 e. The highest BCUT2D eigenvalue weighted by Gasteiger charge is 1.81. The van der Waals surface area contributed by atoms with Gasteiger partial charge in [-0.1, -0.05) is 108 Å². The third kappa shape index (κ3) is 18.7. The lowest BCUT2D eigenvalue weighted by molar-refractivity contribution is 1.48. The maximum absolute atomic E-state index is 5.61. The van der Waals surface area contributed by atoms with Gasteiger partial charge in [-0.15, -0.1) is 0 Å². The molecule has 21 heavy (non-hydrogen) atoms. The highest BCUT2D eigenvalue weighted by atomic mass is 35.5. The van der Waals surface area contributed by atoms with E-state index in [9.17, 15) is 0 Å². The van der Waals surface area contributed by atoms with Crippen LogP contribution in [0.3, 0.4) is 0 Å². The fourth-order valence-electron chi connectivity index (χ4n) is 1.07. The van der Waals surface area contributed by atoms with Crippen LogP contribution in [-0.2, 0) is 0 Å². The zero-order chi connectivity index (χ0) is 15.1. The van der Waals surface area contributed by atoms with Gasteiger partial charge >= 0.3 is 0 Å². The van der Waals surface area contributed by atoms with Crippen LogP contribution in [0.25, 0.3) is 0 Å². The molecule has 0 saturated carbocycles. The molecule has 2 aromatic rings. The summed E-state index contributed by atoms with van der Waals surface area (Å²) in [6.07, 6.45) is 0. The molecule has 122 valence electrons. The van der Waals surface area contributed by atoms with E-state index in [2.05, 4.69) is 19.1 Å². The number of aryl methyl sites for hydroxylation is 2. The predicted octanol–water partition coefficient (Wildman–Crippen LogP) is 7.97. The minimum absolute atomic E-state index is 0. The van der Waals surface area contributed by atoms with Crippen LogP contribution in [0.1, 0.15) is 53.7 Å². The fourth-order valence-corrected chi connectivity index (χ4v) is 1.19. The van der Waals surface area contributed by atoms with Gasteiger partial charge in [0.15, 0.2) is 0 Å². The van der Waals surface area contributed by atoms with E-state index in [-0.39, 0.29) is 14.9 Å². The summed E-state index contributed by atoms with van der Waals surface area (Å²) >= 11 is 5.61. The third-order valence-electron chi connectivity index (χ3n) is 1.95. The third-order valence-corrected chi connectivity index (χ3v) is 2.20. The van der Waals surface area contributed by atoms with Gasteiger partial charge in [-0.05, 0) is 26.0 Å². The topological polar surface area (TPSA) is 0 Å². The van der Waals surface area contributed by atoms with E-state index in [4.69, 9.17) is 11.6 Å². The summed E-state index contributed by atoms with van der Waals surface area (Å²) < 4.78 is 0. The first-order chi connectivity index (χ1) is 9.18. The Hall–Kier alpha value is -1.27. The van der Waals surface area contributed by atoms with Gasteiger partial charge < -0.3 is 0 Å². The molecule has 0 saturated heterocycles. The molecule has 0 fully saturated rings. The number of hydrogen-bond acceptors (Lipinski definition) is 0. The van der Waals surface area contributed by atoms with E-state index in [0.717, 1.165) is 5.02 Å². The van der Waals surface area contributed by atoms with Crippen LogP contribution >= 0.6 is 11.6 Å². The summed E-state index contributed by atoms with van der Waals surface area (Å²) in [5.41, 5.74) is 2.57. The normalized spacial score (nSPS) is 7.00. The zero-order valence-electron chi connectivity index (χ0n) is 13.1. The molecule has 0 heterocycles. The van der Waals surface area contributed by atoms with Gasteiger partial charge in [0.05, 0.1) is 0 Å². The summed E-state index contributed by atoms with van der Waals surface area (Å²) in [6.45, 7) is 12.1. The second-order valence-electron chi connectivity index (χ2n) is 3.45. The van der Waals surface area contributed by atoms with E-state index in [1.165, 1.54) is 11.1 Å². The van der Waals surface area contributed by atoms with Crippen molar-refractivity contribution in [2.75, 3.05) is 0 Å². The van der Waals surface area contributed by atoms with Crippen molar-refractivity contribution in [2.45, 2.75) is 56.4 Å². The molecule has 0 radical (unpaired) electrons. The van der Waals surface area contributed by atoms with Crippen molar-refractivity contribution in [3.05, 3.63) is 70.7 Å². The number of hydrogen-bond donors (Lipinski definition) is 0. The quantitative estimate of drug-likeness (QED) is 0.463. The molecule has 0 nitrogen and oxygen atoms in total. The summed E-state index contributed by atoms with van der Waals surface area (Å²) in [5, 5.41) is 0.801. The van der Waals surface area contributed by atoms with E-state index >= 15 is 0 Å². The maximum Gasteiger partial charge on any atom is 0.0406 e. The van der Waals surface area contributed by atoms with Gasteiger partial charge in [-0.2, -0.15) is 0 Å². The van der Waals surface area contributed by atoms with Crippen molar-refractivity contribution in [2.24, 2.45) is 0 Å². The van der Waals surface area contributed by atoms with Gasteiger partial charge in [0.1, 0.15) is 0 Å². The Morgan fingerprint density at radius 1 is 0.571 bits per heavy atom. The molecule has 0 unspecified atom stereocenters. The Kier molecular flexibility index (Phi) is 28.0. The molecule has 0 spiro atoms.